The molecule has 2 heteroatoms. The van der Waals surface area contributed by atoms with Gasteiger partial charge in [-0.3, -0.25) is 0 Å². The number of aryl methyl sites for hydroxylation is 2. The number of aromatic nitrogens is 2. The molecule has 0 saturated carbocycles. The zero-order chi connectivity index (χ0) is 45.9. The van der Waals surface area contributed by atoms with Crippen molar-refractivity contribution in [1.82, 2.24) is 9.13 Å². The largest absolute Gasteiger partial charge is 0.310 e. The van der Waals surface area contributed by atoms with E-state index in [0.29, 0.717) is 17.8 Å². The van der Waals surface area contributed by atoms with Gasteiger partial charge < -0.3 is 9.13 Å². The van der Waals surface area contributed by atoms with E-state index < -0.39 is 0 Å². The molecule has 0 saturated heterocycles. The number of hydrogen-bond acceptors (Lipinski definition) is 0. The van der Waals surface area contributed by atoms with Gasteiger partial charge >= 0.3 is 0 Å². The normalized spacial score (nSPS) is 20.7. The highest BCUT2D eigenvalue weighted by atomic mass is 15.0. The predicted octanol–water partition coefficient (Wildman–Crippen LogP) is 16.7. The summed E-state index contributed by atoms with van der Waals surface area (Å²) >= 11 is 0. The molecule has 5 aliphatic rings. The molecule has 8 aromatic rings. The van der Waals surface area contributed by atoms with E-state index in [1.165, 1.54) is 94.3 Å². The Morgan fingerprint density at radius 1 is 0.618 bits per heavy atom. The van der Waals surface area contributed by atoms with Crippen LogP contribution in [0.1, 0.15) is 121 Å². The topological polar surface area (TPSA) is 9.86 Å². The molecule has 0 fully saturated rings. The molecule has 0 N–H and O–H groups in total. The molecule has 2 aromatic heterocycles. The molecule has 0 bridgehead atoms. The van der Waals surface area contributed by atoms with Gasteiger partial charge in [-0.1, -0.05) is 161 Å². The maximum absolute atomic E-state index is 2.73. The third-order valence-corrected chi connectivity index (χ3v) is 17.4. The van der Waals surface area contributed by atoms with E-state index in [1.807, 2.05) is 0 Å². The Hall–Kier alpha value is -6.64. The van der Waals surface area contributed by atoms with Crippen molar-refractivity contribution in [2.45, 2.75) is 103 Å². The van der Waals surface area contributed by atoms with Gasteiger partial charge in [-0.25, -0.2) is 0 Å². The van der Waals surface area contributed by atoms with Crippen LogP contribution in [0.15, 0.2) is 169 Å². The minimum Gasteiger partial charge on any atom is -0.310 e. The molecule has 13 rings (SSSR count). The number of fused-ring (bicyclic) bond motifs is 10. The minimum atomic E-state index is -0.280. The summed E-state index contributed by atoms with van der Waals surface area (Å²) in [5, 5.41) is 4.01. The number of benzene rings is 6. The van der Waals surface area contributed by atoms with E-state index in [4.69, 9.17) is 0 Å². The molecule has 0 radical (unpaired) electrons. The summed E-state index contributed by atoms with van der Waals surface area (Å²) in [6.07, 6.45) is 26.2. The molecule has 68 heavy (non-hydrogen) atoms. The second-order valence-electron chi connectivity index (χ2n) is 21.9. The first-order chi connectivity index (χ1) is 33.1. The lowest BCUT2D eigenvalue weighted by atomic mass is 9.64. The fraction of sp³-hybridized carbons (Fsp3) is 0.273. The third kappa shape index (κ3) is 6.36. The van der Waals surface area contributed by atoms with Crippen molar-refractivity contribution in [3.8, 4) is 5.69 Å². The van der Waals surface area contributed by atoms with Crippen LogP contribution in [-0.4, -0.2) is 9.13 Å². The van der Waals surface area contributed by atoms with Crippen LogP contribution in [0.5, 0.6) is 0 Å². The maximum Gasteiger partial charge on any atom is 0.0541 e. The van der Waals surface area contributed by atoms with Crippen molar-refractivity contribution >= 4 is 50.1 Å². The van der Waals surface area contributed by atoms with E-state index in [0.717, 1.165) is 51.4 Å². The summed E-state index contributed by atoms with van der Waals surface area (Å²) < 4.78 is 5.08. The lowest BCUT2D eigenvalue weighted by Gasteiger charge is -2.40. The molecule has 0 amide bonds. The van der Waals surface area contributed by atoms with Gasteiger partial charge in [0.15, 0.2) is 0 Å². The molecule has 6 aromatic carbocycles. The molecule has 0 aliphatic heterocycles. The fourth-order valence-electron chi connectivity index (χ4n) is 14.0. The Kier molecular flexibility index (Phi) is 9.60. The summed E-state index contributed by atoms with van der Waals surface area (Å²) in [7, 11) is 0. The van der Waals surface area contributed by atoms with Crippen molar-refractivity contribution in [3.63, 3.8) is 0 Å². The first-order valence-electron chi connectivity index (χ1n) is 25.6. The van der Waals surface area contributed by atoms with E-state index in [-0.39, 0.29) is 10.8 Å². The van der Waals surface area contributed by atoms with E-state index in [2.05, 4.69) is 214 Å². The van der Waals surface area contributed by atoms with Crippen LogP contribution in [0.25, 0.3) is 55.7 Å². The second kappa shape index (κ2) is 15.7. The summed E-state index contributed by atoms with van der Waals surface area (Å²) in [5.41, 5.74) is 23.8. The summed E-state index contributed by atoms with van der Waals surface area (Å²) in [4.78, 5) is 0. The minimum absolute atomic E-state index is 0.132. The van der Waals surface area contributed by atoms with Gasteiger partial charge in [0.1, 0.15) is 0 Å². The van der Waals surface area contributed by atoms with Crippen molar-refractivity contribution in [1.29, 1.82) is 0 Å². The van der Waals surface area contributed by atoms with Gasteiger partial charge in [0.25, 0.3) is 0 Å². The second-order valence-corrected chi connectivity index (χ2v) is 21.9. The Morgan fingerprint density at radius 3 is 2.10 bits per heavy atom. The first kappa shape index (κ1) is 41.5. The lowest BCUT2D eigenvalue weighted by molar-refractivity contribution is 0.305. The zero-order valence-corrected chi connectivity index (χ0v) is 40.4. The van der Waals surface area contributed by atoms with Crippen LogP contribution in [0.2, 0.25) is 0 Å². The number of nitrogens with zero attached hydrogens (tertiary/aromatic N) is 2. The fourth-order valence-corrected chi connectivity index (χ4v) is 14.0. The average molecular weight is 883 g/mol. The summed E-state index contributed by atoms with van der Waals surface area (Å²) in [6, 6.07) is 49.0. The molecule has 5 aliphatic carbocycles. The zero-order valence-electron chi connectivity index (χ0n) is 40.4. The van der Waals surface area contributed by atoms with Crippen molar-refractivity contribution in [2.24, 2.45) is 11.8 Å². The molecule has 2 heterocycles. The van der Waals surface area contributed by atoms with Gasteiger partial charge in [0.05, 0.1) is 16.6 Å². The highest BCUT2D eigenvalue weighted by Gasteiger charge is 2.43. The Labute approximate surface area is 402 Å². The van der Waals surface area contributed by atoms with Crippen LogP contribution in [0, 0.1) is 18.8 Å². The number of rotatable bonds is 5. The van der Waals surface area contributed by atoms with Crippen LogP contribution in [-0.2, 0) is 30.1 Å². The summed E-state index contributed by atoms with van der Waals surface area (Å²) in [6.45, 7) is 12.6. The predicted molar refractivity (Wildman–Crippen MR) is 288 cm³/mol. The molecule has 3 atom stereocenters. The molecular weight excluding hydrogens is 821 g/mol. The van der Waals surface area contributed by atoms with Crippen LogP contribution in [0.4, 0.5) is 0 Å². The Morgan fingerprint density at radius 2 is 1.31 bits per heavy atom. The Balaban J connectivity index is 1.00. The highest BCUT2D eigenvalue weighted by Crippen LogP contribution is 2.52. The molecule has 2 nitrogen and oxygen atoms in total. The molecular formula is C66H62N2. The molecule has 0 spiro atoms. The molecule has 3 unspecified atom stereocenters. The van der Waals surface area contributed by atoms with E-state index >= 15 is 0 Å². The first-order valence-corrected chi connectivity index (χ1v) is 25.6. The quantitative estimate of drug-likeness (QED) is 0.163. The van der Waals surface area contributed by atoms with Crippen LogP contribution < -0.4 is 0 Å². The SMILES string of the molecule is Cc1ccc(-n2c3ccccc3c3ccccc32)cc1C(C)(C)c1cc(C2CC3=C(C=CCC3)c3ccccc3C2)cc2c1CCC1C=CC(n3c4c(c5ccccc53)CCC=C4)=CC1C2(C)C. The van der Waals surface area contributed by atoms with Gasteiger partial charge in [-0.15, -0.1) is 0 Å². The van der Waals surface area contributed by atoms with Gasteiger partial charge in [-0.05, 0) is 180 Å². The van der Waals surface area contributed by atoms with Gasteiger partial charge in [0, 0.05) is 38.7 Å². The smallest absolute Gasteiger partial charge is 0.0541 e. The maximum atomic E-state index is 2.73. The van der Waals surface area contributed by atoms with E-state index in [9.17, 15) is 0 Å². The molecule has 336 valence electrons. The van der Waals surface area contributed by atoms with Crippen LogP contribution in [0.3, 0.4) is 0 Å². The monoisotopic (exact) mass is 882 g/mol. The van der Waals surface area contributed by atoms with Crippen molar-refractivity contribution < 1.29 is 0 Å². The van der Waals surface area contributed by atoms with Crippen LogP contribution >= 0.6 is 0 Å². The van der Waals surface area contributed by atoms with Crippen molar-refractivity contribution in [3.05, 3.63) is 225 Å². The Bertz CT molecular complexity index is 3490. The third-order valence-electron chi connectivity index (χ3n) is 17.4. The highest BCUT2D eigenvalue weighted by molar-refractivity contribution is 6.09. The van der Waals surface area contributed by atoms with Gasteiger partial charge in [0.2, 0.25) is 0 Å². The number of para-hydroxylation sites is 3. The number of hydrogen-bond donors (Lipinski definition) is 0. The van der Waals surface area contributed by atoms with E-state index in [1.54, 1.807) is 16.7 Å². The number of allylic oxidation sites excluding steroid dienone is 9. The standard InChI is InChI=1S/C66H62N2/c1-42-30-33-48(67-61-26-14-10-22-52(61)53-23-11-15-27-62(53)67)40-57(42)65(2,3)59-38-47(46-36-44-18-6-8-20-50(44)51-21-9-7-19-45(51)37-46)39-60-56(59)35-32-43-31-34-49(41-58(43)66(60,4)5)68-63-28-16-12-24-54(63)55-25-13-17-29-64(55)68/h6,8-12,14-18,20-24,26-31,33-34,38-41,43,46,58H,7,13,19,25,32,35-37H2,1-5H3. The van der Waals surface area contributed by atoms with Crippen molar-refractivity contribution in [2.75, 3.05) is 0 Å². The summed E-state index contributed by atoms with van der Waals surface area (Å²) in [5.74, 6) is 1.17. The average Bonchev–Trinajstić information content (AvgIpc) is 3.78. The van der Waals surface area contributed by atoms with Gasteiger partial charge in [-0.2, -0.15) is 0 Å². The lowest BCUT2D eigenvalue weighted by Crippen LogP contribution is -2.34.